The van der Waals surface area contributed by atoms with Crippen molar-refractivity contribution in [3.8, 4) is 11.9 Å². The minimum Gasteiger partial charge on any atom is -0.472 e. The molecule has 2 heterocycles. The number of hydrogen-bond acceptors (Lipinski definition) is 8. The van der Waals surface area contributed by atoms with Crippen molar-refractivity contribution in [3.63, 3.8) is 0 Å². The molecule has 0 bridgehead atoms. The number of ketones is 1. The SMILES string of the molecule is CC(C)(C)S(=O)(=O)c1ccc(Nc2nn(C3CC(=O)C[C@H]3C#N)c3ccnc(OCc4ccccc4)c23)cc1. The number of ether oxygens (including phenoxy) is 1. The Kier molecular flexibility index (Phi) is 6.87. The predicted molar refractivity (Wildman–Crippen MR) is 147 cm³/mol. The van der Waals surface area contributed by atoms with E-state index in [1.54, 1.807) is 62.0 Å². The number of anilines is 2. The van der Waals surface area contributed by atoms with Gasteiger partial charge in [0.2, 0.25) is 5.88 Å². The first-order valence-corrected chi connectivity index (χ1v) is 14.1. The van der Waals surface area contributed by atoms with Crippen molar-refractivity contribution >= 4 is 38.0 Å². The van der Waals surface area contributed by atoms with Crippen molar-refractivity contribution in [2.45, 2.75) is 55.9 Å². The molecule has 1 fully saturated rings. The molecule has 1 unspecified atom stereocenters. The number of aromatic nitrogens is 3. The summed E-state index contributed by atoms with van der Waals surface area (Å²) in [6.45, 7) is 5.29. The van der Waals surface area contributed by atoms with Crippen LogP contribution in [-0.2, 0) is 21.2 Å². The van der Waals surface area contributed by atoms with Gasteiger partial charge < -0.3 is 10.1 Å². The predicted octanol–water partition coefficient (Wildman–Crippen LogP) is 5.37. The molecule has 0 radical (unpaired) electrons. The number of nitriles is 1. The van der Waals surface area contributed by atoms with Gasteiger partial charge in [0.1, 0.15) is 17.8 Å². The lowest BCUT2D eigenvalue weighted by atomic mass is 10.1. The van der Waals surface area contributed by atoms with E-state index in [2.05, 4.69) is 16.4 Å². The Labute approximate surface area is 227 Å². The molecule has 2 atom stereocenters. The number of fused-ring (bicyclic) bond motifs is 1. The topological polar surface area (TPSA) is 127 Å². The maximum absolute atomic E-state index is 12.9. The molecule has 0 amide bonds. The van der Waals surface area contributed by atoms with Crippen LogP contribution < -0.4 is 10.1 Å². The Morgan fingerprint density at radius 2 is 1.79 bits per heavy atom. The van der Waals surface area contributed by atoms with E-state index >= 15 is 0 Å². The summed E-state index contributed by atoms with van der Waals surface area (Å²) in [5.74, 6) is 0.325. The van der Waals surface area contributed by atoms with E-state index in [-0.39, 0.29) is 23.5 Å². The number of Topliss-reactive ketones (excluding diaryl/α,β-unsaturated/α-hetero) is 1. The minimum atomic E-state index is -3.50. The number of carbonyl (C=O) groups excluding carboxylic acids is 1. The number of sulfone groups is 1. The molecule has 2 aromatic heterocycles. The molecule has 200 valence electrons. The van der Waals surface area contributed by atoms with Crippen LogP contribution in [0.4, 0.5) is 11.5 Å². The van der Waals surface area contributed by atoms with Gasteiger partial charge in [-0.3, -0.25) is 9.48 Å². The quantitative estimate of drug-likeness (QED) is 0.330. The zero-order valence-corrected chi connectivity index (χ0v) is 22.8. The Bertz CT molecular complexity index is 1670. The van der Waals surface area contributed by atoms with E-state index in [0.717, 1.165) is 5.56 Å². The molecule has 5 rings (SSSR count). The highest BCUT2D eigenvalue weighted by atomic mass is 32.2. The number of nitrogens with one attached hydrogen (secondary N) is 1. The lowest BCUT2D eigenvalue weighted by Gasteiger charge is -2.19. The van der Waals surface area contributed by atoms with E-state index in [1.807, 2.05) is 30.3 Å². The Balaban J connectivity index is 1.55. The molecule has 39 heavy (non-hydrogen) atoms. The van der Waals surface area contributed by atoms with Crippen molar-refractivity contribution in [2.75, 3.05) is 5.32 Å². The van der Waals surface area contributed by atoms with Crippen LogP contribution in [0.3, 0.4) is 0 Å². The van der Waals surface area contributed by atoms with Gasteiger partial charge in [-0.2, -0.15) is 10.4 Å². The molecule has 1 aliphatic rings. The number of pyridine rings is 1. The van der Waals surface area contributed by atoms with Crippen LogP contribution in [0, 0.1) is 17.2 Å². The third-order valence-corrected chi connectivity index (χ3v) is 9.37. The number of rotatable bonds is 7. The highest BCUT2D eigenvalue weighted by Gasteiger charge is 2.37. The number of benzene rings is 2. The van der Waals surface area contributed by atoms with Crippen LogP contribution in [0.5, 0.6) is 5.88 Å². The number of hydrogen-bond donors (Lipinski definition) is 1. The molecule has 1 aliphatic carbocycles. The van der Waals surface area contributed by atoms with Gasteiger partial charge >= 0.3 is 0 Å². The van der Waals surface area contributed by atoms with Gasteiger partial charge in [0.25, 0.3) is 0 Å². The van der Waals surface area contributed by atoms with Crippen LogP contribution in [-0.4, -0.2) is 33.7 Å². The molecule has 1 saturated carbocycles. The molecule has 4 aromatic rings. The molecule has 0 saturated heterocycles. The second-order valence-corrected chi connectivity index (χ2v) is 13.3. The van der Waals surface area contributed by atoms with E-state index in [4.69, 9.17) is 9.84 Å². The van der Waals surface area contributed by atoms with Crippen molar-refractivity contribution in [1.82, 2.24) is 14.8 Å². The third-order valence-electron chi connectivity index (χ3n) is 6.87. The summed E-state index contributed by atoms with van der Waals surface area (Å²) in [7, 11) is -3.50. The minimum absolute atomic E-state index is 0.0231. The van der Waals surface area contributed by atoms with Crippen molar-refractivity contribution in [3.05, 3.63) is 72.4 Å². The first-order valence-electron chi connectivity index (χ1n) is 12.7. The van der Waals surface area contributed by atoms with Gasteiger partial charge in [0.15, 0.2) is 15.7 Å². The van der Waals surface area contributed by atoms with Crippen molar-refractivity contribution < 1.29 is 17.9 Å². The van der Waals surface area contributed by atoms with Crippen LogP contribution in [0.15, 0.2) is 71.8 Å². The van der Waals surface area contributed by atoms with E-state index in [9.17, 15) is 18.5 Å². The lowest BCUT2D eigenvalue weighted by Crippen LogP contribution is -2.27. The fourth-order valence-electron chi connectivity index (χ4n) is 4.67. The number of nitrogens with zero attached hydrogens (tertiary/aromatic N) is 4. The highest BCUT2D eigenvalue weighted by molar-refractivity contribution is 7.92. The number of carbonyl (C=O) groups is 1. The maximum Gasteiger partial charge on any atom is 0.227 e. The maximum atomic E-state index is 12.9. The molecule has 0 spiro atoms. The first kappa shape index (κ1) is 26.4. The fraction of sp³-hybridized carbons (Fsp3) is 0.310. The largest absolute Gasteiger partial charge is 0.472 e. The van der Waals surface area contributed by atoms with Gasteiger partial charge in [0.05, 0.1) is 33.2 Å². The monoisotopic (exact) mass is 543 g/mol. The average molecular weight is 544 g/mol. The molecule has 1 N–H and O–H groups in total. The molecule has 2 aromatic carbocycles. The summed E-state index contributed by atoms with van der Waals surface area (Å²) in [5.41, 5.74) is 2.27. The summed E-state index contributed by atoms with van der Waals surface area (Å²) in [5, 5.41) is 18.4. The summed E-state index contributed by atoms with van der Waals surface area (Å²) in [6.07, 6.45) is 2.03. The van der Waals surface area contributed by atoms with Crippen LogP contribution in [0.25, 0.3) is 10.9 Å². The fourth-order valence-corrected chi connectivity index (χ4v) is 5.87. The lowest BCUT2D eigenvalue weighted by molar-refractivity contribution is -0.117. The standard InChI is InChI=1S/C29H29N5O4S/c1-29(2,3)39(36,37)23-11-9-21(10-12-23)32-27-26-24(34(33-27)25-16-22(35)15-20(25)17-30)13-14-31-28(26)38-18-19-7-5-4-6-8-19/h4-14,20,25H,15-16,18H2,1-3H3,(H,32,33)/t20-,25?/m0/s1. The highest BCUT2D eigenvalue weighted by Crippen LogP contribution is 2.40. The Hall–Kier alpha value is -4.23. The molecular weight excluding hydrogens is 514 g/mol. The Morgan fingerprint density at radius 1 is 1.08 bits per heavy atom. The second kappa shape index (κ2) is 10.2. The summed E-state index contributed by atoms with van der Waals surface area (Å²) in [6, 6.07) is 19.8. The van der Waals surface area contributed by atoms with E-state index < -0.39 is 26.5 Å². The molecule has 9 nitrogen and oxygen atoms in total. The normalized spacial score (nSPS) is 17.7. The van der Waals surface area contributed by atoms with Gasteiger partial charge in [-0.15, -0.1) is 0 Å². The zero-order chi connectivity index (χ0) is 27.8. The van der Waals surface area contributed by atoms with Crippen LogP contribution in [0.1, 0.15) is 45.2 Å². The van der Waals surface area contributed by atoms with Crippen LogP contribution in [0.2, 0.25) is 0 Å². The molecule has 0 aliphatic heterocycles. The summed E-state index contributed by atoms with van der Waals surface area (Å²) >= 11 is 0. The van der Waals surface area contributed by atoms with E-state index in [0.29, 0.717) is 34.9 Å². The van der Waals surface area contributed by atoms with Gasteiger partial charge in [-0.25, -0.2) is 13.4 Å². The van der Waals surface area contributed by atoms with Crippen molar-refractivity contribution in [2.24, 2.45) is 5.92 Å². The molecular formula is C29H29N5O4S. The van der Waals surface area contributed by atoms with Gasteiger partial charge in [0, 0.05) is 24.7 Å². The van der Waals surface area contributed by atoms with Gasteiger partial charge in [-0.05, 0) is 56.7 Å². The molecule has 10 heteroatoms. The van der Waals surface area contributed by atoms with E-state index in [1.165, 1.54) is 0 Å². The average Bonchev–Trinajstić information content (AvgIpc) is 3.47. The van der Waals surface area contributed by atoms with Crippen molar-refractivity contribution in [1.29, 1.82) is 5.26 Å². The first-order chi connectivity index (χ1) is 18.6. The smallest absolute Gasteiger partial charge is 0.227 e. The second-order valence-electron chi connectivity index (χ2n) is 10.6. The third kappa shape index (κ3) is 5.10. The summed E-state index contributed by atoms with van der Waals surface area (Å²) in [4.78, 5) is 16.9. The van der Waals surface area contributed by atoms with Crippen LogP contribution >= 0.6 is 0 Å². The Morgan fingerprint density at radius 3 is 2.46 bits per heavy atom. The summed E-state index contributed by atoms with van der Waals surface area (Å²) < 4.78 is 32.6. The zero-order valence-electron chi connectivity index (χ0n) is 22.0. The van der Waals surface area contributed by atoms with Gasteiger partial charge in [-0.1, -0.05) is 30.3 Å².